The first-order valence-corrected chi connectivity index (χ1v) is 7.09. The molecule has 1 unspecified atom stereocenters. The molecule has 100 valence electrons. The number of hydrogen-bond donors (Lipinski definition) is 0. The maximum absolute atomic E-state index is 2.29. The second-order valence-corrected chi connectivity index (χ2v) is 6.61. The molecule has 0 aliphatic carbocycles. The minimum atomic E-state index is 0.354. The van der Waals surface area contributed by atoms with E-state index in [4.69, 9.17) is 0 Å². The molecule has 0 saturated carbocycles. The van der Waals surface area contributed by atoms with Gasteiger partial charge in [0.25, 0.3) is 0 Å². The fourth-order valence-electron chi connectivity index (χ4n) is 2.47. The third-order valence-corrected chi connectivity index (χ3v) is 3.51. The topological polar surface area (TPSA) is 0 Å². The maximum atomic E-state index is 2.29. The Balaban J connectivity index is 2.15. The van der Waals surface area contributed by atoms with Gasteiger partial charge in [0, 0.05) is 5.92 Å². The zero-order chi connectivity index (χ0) is 13.9. The van der Waals surface area contributed by atoms with E-state index in [9.17, 15) is 0 Å². The van der Waals surface area contributed by atoms with Crippen molar-refractivity contribution >= 4 is 0 Å². The van der Waals surface area contributed by atoms with Crippen molar-refractivity contribution in [2.24, 2.45) is 5.41 Å². The molecule has 2 aromatic carbocycles. The van der Waals surface area contributed by atoms with Crippen LogP contribution in [0.3, 0.4) is 0 Å². The maximum Gasteiger partial charge on any atom is 0.00610 e. The van der Waals surface area contributed by atoms with Gasteiger partial charge in [-0.05, 0) is 28.5 Å². The van der Waals surface area contributed by atoms with Gasteiger partial charge >= 0.3 is 0 Å². The molecule has 19 heavy (non-hydrogen) atoms. The third-order valence-electron chi connectivity index (χ3n) is 3.51. The lowest BCUT2D eigenvalue weighted by molar-refractivity contribution is 0.411. The number of benzene rings is 2. The van der Waals surface area contributed by atoms with Gasteiger partial charge in [-0.15, -0.1) is 0 Å². The van der Waals surface area contributed by atoms with Crippen molar-refractivity contribution in [3.05, 3.63) is 71.3 Å². The lowest BCUT2D eigenvalue weighted by Crippen LogP contribution is -2.09. The fraction of sp³-hybridized carbons (Fsp3) is 0.368. The molecule has 0 radical (unpaired) electrons. The molecule has 2 aromatic rings. The van der Waals surface area contributed by atoms with E-state index in [1.807, 2.05) is 0 Å². The van der Waals surface area contributed by atoms with Crippen molar-refractivity contribution in [3.63, 3.8) is 0 Å². The van der Waals surface area contributed by atoms with E-state index in [2.05, 4.69) is 82.3 Å². The summed E-state index contributed by atoms with van der Waals surface area (Å²) >= 11 is 0. The van der Waals surface area contributed by atoms with Crippen LogP contribution in [0.5, 0.6) is 0 Å². The van der Waals surface area contributed by atoms with Crippen molar-refractivity contribution in [1.29, 1.82) is 0 Å². The second-order valence-electron chi connectivity index (χ2n) is 6.61. The Labute approximate surface area is 117 Å². The van der Waals surface area contributed by atoms with E-state index >= 15 is 0 Å². The molecule has 0 bridgehead atoms. The van der Waals surface area contributed by atoms with Crippen LogP contribution in [0.15, 0.2) is 54.6 Å². The van der Waals surface area contributed by atoms with Crippen LogP contribution in [0, 0.1) is 5.41 Å². The molecule has 0 heteroatoms. The zero-order valence-electron chi connectivity index (χ0n) is 12.5. The van der Waals surface area contributed by atoms with E-state index in [1.165, 1.54) is 16.7 Å². The highest BCUT2D eigenvalue weighted by Crippen LogP contribution is 2.26. The molecule has 2 rings (SSSR count). The van der Waals surface area contributed by atoms with Crippen LogP contribution in [0.25, 0.3) is 0 Å². The van der Waals surface area contributed by atoms with E-state index < -0.39 is 0 Å². The lowest BCUT2D eigenvalue weighted by atomic mass is 9.86. The quantitative estimate of drug-likeness (QED) is 0.683. The van der Waals surface area contributed by atoms with Gasteiger partial charge in [-0.1, -0.05) is 82.3 Å². The molecular weight excluding hydrogens is 228 g/mol. The van der Waals surface area contributed by atoms with Gasteiger partial charge in [0.1, 0.15) is 0 Å². The smallest absolute Gasteiger partial charge is 0.00610 e. The summed E-state index contributed by atoms with van der Waals surface area (Å²) in [6.45, 7) is 9.13. The van der Waals surface area contributed by atoms with Crippen molar-refractivity contribution in [3.8, 4) is 0 Å². The van der Waals surface area contributed by atoms with E-state index in [1.54, 1.807) is 0 Å². The predicted octanol–water partition coefficient (Wildman–Crippen LogP) is 5.43. The molecule has 0 aliphatic rings. The Kier molecular flexibility index (Phi) is 4.09. The van der Waals surface area contributed by atoms with E-state index in [-0.39, 0.29) is 0 Å². The Morgan fingerprint density at radius 3 is 1.84 bits per heavy atom. The first-order valence-electron chi connectivity index (χ1n) is 7.09. The molecule has 0 heterocycles. The summed E-state index contributed by atoms with van der Waals surface area (Å²) in [5.41, 5.74) is 4.55. The fourth-order valence-corrected chi connectivity index (χ4v) is 2.47. The van der Waals surface area contributed by atoms with Gasteiger partial charge < -0.3 is 0 Å². The summed E-state index contributed by atoms with van der Waals surface area (Å²) in [4.78, 5) is 0. The van der Waals surface area contributed by atoms with Crippen molar-refractivity contribution in [1.82, 2.24) is 0 Å². The highest BCUT2D eigenvalue weighted by atomic mass is 14.2. The Morgan fingerprint density at radius 2 is 1.32 bits per heavy atom. The summed E-state index contributed by atoms with van der Waals surface area (Å²) in [7, 11) is 0. The molecule has 1 atom stereocenters. The Morgan fingerprint density at radius 1 is 0.789 bits per heavy atom. The van der Waals surface area contributed by atoms with E-state index in [0.717, 1.165) is 6.42 Å². The van der Waals surface area contributed by atoms with Crippen LogP contribution >= 0.6 is 0 Å². The third kappa shape index (κ3) is 3.96. The first kappa shape index (κ1) is 13.9. The highest BCUT2D eigenvalue weighted by molar-refractivity contribution is 5.33. The molecule has 0 fully saturated rings. The minimum absolute atomic E-state index is 0.354. The molecule has 0 saturated heterocycles. The zero-order valence-corrected chi connectivity index (χ0v) is 12.5. The van der Waals surface area contributed by atoms with Crippen molar-refractivity contribution in [2.75, 3.05) is 0 Å². The first-order chi connectivity index (χ1) is 8.96. The summed E-state index contributed by atoms with van der Waals surface area (Å²) in [6.07, 6.45) is 1.13. The van der Waals surface area contributed by atoms with Gasteiger partial charge in [0.15, 0.2) is 0 Å². The lowest BCUT2D eigenvalue weighted by Gasteiger charge is -2.19. The average Bonchev–Trinajstić information content (AvgIpc) is 2.38. The molecule has 0 aromatic heterocycles. The van der Waals surface area contributed by atoms with Gasteiger partial charge in [0.2, 0.25) is 0 Å². The summed E-state index contributed by atoms with van der Waals surface area (Å²) < 4.78 is 0. The van der Waals surface area contributed by atoms with Gasteiger partial charge in [-0.25, -0.2) is 0 Å². The van der Waals surface area contributed by atoms with Crippen LogP contribution < -0.4 is 0 Å². The molecule has 0 spiro atoms. The van der Waals surface area contributed by atoms with Crippen LogP contribution in [0.4, 0.5) is 0 Å². The number of hydrogen-bond acceptors (Lipinski definition) is 0. The molecule has 0 amide bonds. The van der Waals surface area contributed by atoms with Crippen molar-refractivity contribution < 1.29 is 0 Å². The SMILES string of the molecule is CC(c1ccccc1)c1ccc(CC(C)(C)C)cc1. The van der Waals surface area contributed by atoms with Gasteiger partial charge in [0.05, 0.1) is 0 Å². The largest absolute Gasteiger partial charge is 0.0622 e. The van der Waals surface area contributed by atoms with Crippen LogP contribution in [0.1, 0.15) is 50.3 Å². The minimum Gasteiger partial charge on any atom is -0.0622 e. The second kappa shape index (κ2) is 5.61. The monoisotopic (exact) mass is 252 g/mol. The molecule has 0 nitrogen and oxygen atoms in total. The average molecular weight is 252 g/mol. The summed E-state index contributed by atoms with van der Waals surface area (Å²) in [6, 6.07) is 19.8. The Hall–Kier alpha value is -1.56. The molecule has 0 N–H and O–H groups in total. The highest BCUT2D eigenvalue weighted by Gasteiger charge is 2.12. The van der Waals surface area contributed by atoms with Crippen LogP contribution in [0.2, 0.25) is 0 Å². The van der Waals surface area contributed by atoms with Crippen molar-refractivity contribution in [2.45, 2.75) is 40.0 Å². The van der Waals surface area contributed by atoms with Crippen LogP contribution in [-0.2, 0) is 6.42 Å². The Bertz CT molecular complexity index is 500. The van der Waals surface area contributed by atoms with E-state index in [0.29, 0.717) is 11.3 Å². The molecule has 0 aliphatic heterocycles. The molecular formula is C19H24. The van der Waals surface area contributed by atoms with Gasteiger partial charge in [-0.3, -0.25) is 0 Å². The summed E-state index contributed by atoms with van der Waals surface area (Å²) in [5, 5.41) is 0. The number of rotatable bonds is 3. The standard InChI is InChI=1S/C19H24/c1-15(17-8-6-5-7-9-17)18-12-10-16(11-13-18)14-19(2,3)4/h5-13,15H,14H2,1-4H3. The predicted molar refractivity (Wildman–Crippen MR) is 83.6 cm³/mol. The normalized spacial score (nSPS) is 13.3. The summed E-state index contributed by atoms with van der Waals surface area (Å²) in [5.74, 6) is 0.463. The van der Waals surface area contributed by atoms with Gasteiger partial charge in [-0.2, -0.15) is 0 Å². The van der Waals surface area contributed by atoms with Crippen LogP contribution in [-0.4, -0.2) is 0 Å².